The third-order valence-electron chi connectivity index (χ3n) is 2.94. The average molecular weight is 320 g/mol. The Hall–Kier alpha value is -2.18. The smallest absolute Gasteiger partial charge is 0.271 e. The van der Waals surface area contributed by atoms with E-state index in [4.69, 9.17) is 11.6 Å². The van der Waals surface area contributed by atoms with Gasteiger partial charge < -0.3 is 5.32 Å². The summed E-state index contributed by atoms with van der Waals surface area (Å²) in [6, 6.07) is 6.73. The monoisotopic (exact) mass is 319 g/mol. The van der Waals surface area contributed by atoms with Crippen molar-refractivity contribution in [2.24, 2.45) is 0 Å². The molecule has 0 radical (unpaired) electrons. The molecule has 0 unspecified atom stereocenters. The topological polar surface area (TPSA) is 63.5 Å². The number of hydrogen-bond acceptors (Lipinski definition) is 4. The van der Waals surface area contributed by atoms with Crippen LogP contribution in [0.1, 0.15) is 16.1 Å². The zero-order valence-corrected chi connectivity index (χ0v) is 12.5. The second-order valence-electron chi connectivity index (χ2n) is 4.44. The summed E-state index contributed by atoms with van der Waals surface area (Å²) in [5.41, 5.74) is 0.899. The first-order chi connectivity index (χ1) is 10.1. The molecule has 106 valence electrons. The van der Waals surface area contributed by atoms with Gasteiger partial charge in [0.15, 0.2) is 4.96 Å². The van der Waals surface area contributed by atoms with Gasteiger partial charge in [0.25, 0.3) is 11.5 Å². The normalized spacial score (nSPS) is 10.8. The van der Waals surface area contributed by atoms with E-state index >= 15 is 0 Å². The van der Waals surface area contributed by atoms with E-state index in [1.54, 1.807) is 31.2 Å². The van der Waals surface area contributed by atoms with Gasteiger partial charge in [-0.1, -0.05) is 17.7 Å². The third kappa shape index (κ3) is 2.55. The molecule has 0 saturated carbocycles. The minimum Gasteiger partial charge on any atom is -0.322 e. The highest BCUT2D eigenvalue weighted by Gasteiger charge is 2.15. The van der Waals surface area contributed by atoms with Crippen LogP contribution >= 0.6 is 22.9 Å². The minimum atomic E-state index is -0.505. The largest absolute Gasteiger partial charge is 0.322 e. The molecule has 0 fully saturated rings. The molecule has 0 atom stereocenters. The van der Waals surface area contributed by atoms with Crippen molar-refractivity contribution in [1.29, 1.82) is 0 Å². The Morgan fingerprint density at radius 2 is 2.24 bits per heavy atom. The molecule has 1 amide bonds. The van der Waals surface area contributed by atoms with Crippen LogP contribution in [0.25, 0.3) is 4.96 Å². The minimum absolute atomic E-state index is 0.00558. The Balaban J connectivity index is 2.00. The Bertz CT molecular complexity index is 901. The van der Waals surface area contributed by atoms with Gasteiger partial charge in [0, 0.05) is 28.0 Å². The lowest BCUT2D eigenvalue weighted by Crippen LogP contribution is -2.26. The number of carbonyl (C=O) groups excluding carboxylic acids is 1. The molecule has 3 aromatic rings. The van der Waals surface area contributed by atoms with Crippen LogP contribution in [-0.2, 0) is 0 Å². The Morgan fingerprint density at radius 1 is 1.43 bits per heavy atom. The first-order valence-electron chi connectivity index (χ1n) is 6.09. The molecule has 1 N–H and O–H groups in total. The van der Waals surface area contributed by atoms with Crippen LogP contribution < -0.4 is 10.9 Å². The van der Waals surface area contributed by atoms with Crippen LogP contribution in [0.3, 0.4) is 0 Å². The van der Waals surface area contributed by atoms with Crippen LogP contribution in [0.15, 0.2) is 40.6 Å². The molecule has 0 spiro atoms. The highest BCUT2D eigenvalue weighted by atomic mass is 35.5. The van der Waals surface area contributed by atoms with E-state index < -0.39 is 5.91 Å². The number of nitrogens with zero attached hydrogens (tertiary/aromatic N) is 2. The second kappa shape index (κ2) is 5.31. The van der Waals surface area contributed by atoms with Gasteiger partial charge in [-0.2, -0.15) is 0 Å². The fourth-order valence-electron chi connectivity index (χ4n) is 1.95. The van der Waals surface area contributed by atoms with E-state index in [0.717, 1.165) is 5.69 Å². The summed E-state index contributed by atoms with van der Waals surface area (Å²) in [4.78, 5) is 29.3. The molecule has 0 saturated heterocycles. The lowest BCUT2D eigenvalue weighted by Gasteiger charge is -2.05. The molecule has 0 aliphatic rings. The van der Waals surface area contributed by atoms with Crippen LogP contribution in [0.2, 0.25) is 5.02 Å². The molecule has 3 rings (SSSR count). The molecule has 7 heteroatoms. The average Bonchev–Trinajstić information content (AvgIpc) is 2.81. The predicted octanol–water partition coefficient (Wildman–Crippen LogP) is 2.97. The fourth-order valence-corrected chi connectivity index (χ4v) is 2.96. The first kappa shape index (κ1) is 13.8. The van der Waals surface area contributed by atoms with Gasteiger partial charge in [-0.25, -0.2) is 4.98 Å². The number of fused-ring (bicyclic) bond motifs is 1. The van der Waals surface area contributed by atoms with Gasteiger partial charge in [0.2, 0.25) is 0 Å². The number of anilines is 1. The van der Waals surface area contributed by atoms with Gasteiger partial charge in [0.1, 0.15) is 5.56 Å². The van der Waals surface area contributed by atoms with Gasteiger partial charge in [-0.15, -0.1) is 11.3 Å². The maximum atomic E-state index is 12.4. The zero-order valence-electron chi connectivity index (χ0n) is 11.0. The van der Waals surface area contributed by atoms with E-state index in [9.17, 15) is 9.59 Å². The number of aryl methyl sites for hydroxylation is 1. The molecule has 2 aromatic heterocycles. The summed E-state index contributed by atoms with van der Waals surface area (Å²) >= 11 is 7.22. The van der Waals surface area contributed by atoms with Crippen molar-refractivity contribution in [2.45, 2.75) is 6.92 Å². The summed E-state index contributed by atoms with van der Waals surface area (Å²) < 4.78 is 1.43. The third-order valence-corrected chi connectivity index (χ3v) is 4.14. The summed E-state index contributed by atoms with van der Waals surface area (Å²) in [6.07, 6.45) is 1.30. The molecule has 1 aromatic carbocycles. The molecule has 0 bridgehead atoms. The number of hydrogen-bond donors (Lipinski definition) is 1. The van der Waals surface area contributed by atoms with Gasteiger partial charge >= 0.3 is 0 Å². The number of aromatic nitrogens is 2. The number of benzene rings is 1. The Labute approximate surface area is 128 Å². The number of amides is 1. The van der Waals surface area contributed by atoms with Crippen molar-refractivity contribution >= 4 is 39.5 Å². The standard InChI is InChI=1S/C14H10ClN3O2S/c1-8-7-21-14-16-6-11(13(20)18(8)14)12(19)17-10-4-2-3-9(15)5-10/h2-7H,1H3,(H,17,19). The Kier molecular flexibility index (Phi) is 3.48. The zero-order chi connectivity index (χ0) is 15.0. The summed E-state index contributed by atoms with van der Waals surface area (Å²) in [5, 5.41) is 4.97. The van der Waals surface area contributed by atoms with E-state index in [1.165, 1.54) is 21.9 Å². The van der Waals surface area contributed by atoms with Crippen molar-refractivity contribution in [2.75, 3.05) is 5.32 Å². The number of carbonyl (C=O) groups is 1. The van der Waals surface area contributed by atoms with Crippen molar-refractivity contribution in [3.63, 3.8) is 0 Å². The molecule has 2 heterocycles. The second-order valence-corrected chi connectivity index (χ2v) is 5.71. The Morgan fingerprint density at radius 3 is 3.00 bits per heavy atom. The number of nitrogens with one attached hydrogen (secondary N) is 1. The van der Waals surface area contributed by atoms with E-state index in [-0.39, 0.29) is 11.1 Å². The molecule has 0 aliphatic heterocycles. The number of thiazole rings is 1. The first-order valence-corrected chi connectivity index (χ1v) is 7.35. The number of halogens is 1. The van der Waals surface area contributed by atoms with Crippen LogP contribution in [-0.4, -0.2) is 15.3 Å². The SMILES string of the molecule is Cc1csc2ncc(C(=O)Nc3cccc(Cl)c3)c(=O)n12. The van der Waals surface area contributed by atoms with E-state index in [0.29, 0.717) is 15.7 Å². The molecule has 5 nitrogen and oxygen atoms in total. The van der Waals surface area contributed by atoms with Crippen molar-refractivity contribution in [3.05, 3.63) is 62.5 Å². The van der Waals surface area contributed by atoms with Gasteiger partial charge in [-0.3, -0.25) is 14.0 Å². The fraction of sp³-hybridized carbons (Fsp3) is 0.0714. The van der Waals surface area contributed by atoms with Crippen molar-refractivity contribution < 1.29 is 4.79 Å². The van der Waals surface area contributed by atoms with Crippen molar-refractivity contribution in [1.82, 2.24) is 9.38 Å². The lowest BCUT2D eigenvalue weighted by molar-refractivity contribution is 0.102. The molecule has 21 heavy (non-hydrogen) atoms. The molecule has 0 aliphatic carbocycles. The van der Waals surface area contributed by atoms with Crippen LogP contribution in [0, 0.1) is 6.92 Å². The summed E-state index contributed by atoms with van der Waals surface area (Å²) in [6.45, 7) is 1.80. The molecular formula is C14H10ClN3O2S. The van der Waals surface area contributed by atoms with Crippen molar-refractivity contribution in [3.8, 4) is 0 Å². The summed E-state index contributed by atoms with van der Waals surface area (Å²) in [7, 11) is 0. The van der Waals surface area contributed by atoms with E-state index in [1.807, 2.05) is 5.38 Å². The van der Waals surface area contributed by atoms with Crippen LogP contribution in [0.4, 0.5) is 5.69 Å². The summed E-state index contributed by atoms with van der Waals surface area (Å²) in [5.74, 6) is -0.505. The predicted molar refractivity (Wildman–Crippen MR) is 83.5 cm³/mol. The lowest BCUT2D eigenvalue weighted by atomic mass is 10.2. The highest BCUT2D eigenvalue weighted by molar-refractivity contribution is 7.15. The highest BCUT2D eigenvalue weighted by Crippen LogP contribution is 2.16. The molecular weight excluding hydrogens is 310 g/mol. The quantitative estimate of drug-likeness (QED) is 0.790. The van der Waals surface area contributed by atoms with E-state index in [2.05, 4.69) is 10.3 Å². The van der Waals surface area contributed by atoms with Gasteiger partial charge in [-0.05, 0) is 25.1 Å². The van der Waals surface area contributed by atoms with Gasteiger partial charge in [0.05, 0.1) is 0 Å². The number of rotatable bonds is 2. The maximum absolute atomic E-state index is 12.4. The van der Waals surface area contributed by atoms with Crippen LogP contribution in [0.5, 0.6) is 0 Å². The maximum Gasteiger partial charge on any atom is 0.271 e.